The van der Waals surface area contributed by atoms with E-state index in [0.29, 0.717) is 12.4 Å². The molecule has 6 nitrogen and oxygen atoms in total. The smallest absolute Gasteiger partial charge is 0.291 e. The van der Waals surface area contributed by atoms with Gasteiger partial charge in [-0.15, -0.1) is 5.10 Å². The first-order chi connectivity index (χ1) is 7.79. The lowest BCUT2D eigenvalue weighted by Gasteiger charge is -1.98. The van der Waals surface area contributed by atoms with E-state index in [1.807, 2.05) is 6.92 Å². The van der Waals surface area contributed by atoms with Crippen molar-refractivity contribution in [1.29, 1.82) is 0 Å². The Kier molecular flexibility index (Phi) is 3.00. The number of amides is 1. The van der Waals surface area contributed by atoms with E-state index in [1.54, 1.807) is 18.6 Å². The monoisotopic (exact) mass is 220 g/mol. The summed E-state index contributed by atoms with van der Waals surface area (Å²) in [6.45, 7) is 2.35. The van der Waals surface area contributed by atoms with Gasteiger partial charge in [-0.3, -0.25) is 9.89 Å². The first kappa shape index (κ1) is 10.4. The number of nitrogens with one attached hydrogen (secondary N) is 2. The Morgan fingerprint density at radius 2 is 2.50 bits per heavy atom. The van der Waals surface area contributed by atoms with E-state index < -0.39 is 0 Å². The highest BCUT2D eigenvalue weighted by molar-refractivity contribution is 5.90. The van der Waals surface area contributed by atoms with Crippen molar-refractivity contribution in [2.24, 2.45) is 0 Å². The zero-order valence-corrected chi connectivity index (χ0v) is 8.86. The molecule has 0 bridgehead atoms. The van der Waals surface area contributed by atoms with Crippen molar-refractivity contribution in [2.45, 2.75) is 19.9 Å². The van der Waals surface area contributed by atoms with E-state index in [9.17, 15) is 4.79 Å². The van der Waals surface area contributed by atoms with Crippen molar-refractivity contribution in [3.05, 3.63) is 35.8 Å². The van der Waals surface area contributed by atoms with Gasteiger partial charge < -0.3 is 9.73 Å². The number of H-pyrrole nitrogens is 1. The maximum Gasteiger partial charge on any atom is 0.291 e. The number of hydrogen-bond acceptors (Lipinski definition) is 4. The molecule has 0 saturated carbocycles. The Bertz CT molecular complexity index is 461. The Morgan fingerprint density at radius 1 is 1.62 bits per heavy atom. The zero-order valence-electron chi connectivity index (χ0n) is 8.86. The molecule has 84 valence electrons. The van der Waals surface area contributed by atoms with Crippen LogP contribution in [0.2, 0.25) is 0 Å². The van der Waals surface area contributed by atoms with Crippen LogP contribution in [-0.4, -0.2) is 21.1 Å². The molecule has 2 rings (SSSR count). The lowest BCUT2D eigenvalue weighted by molar-refractivity contribution is 0.0941. The fraction of sp³-hybridized carbons (Fsp3) is 0.300. The molecule has 0 radical (unpaired) electrons. The Labute approximate surface area is 92.1 Å². The maximum absolute atomic E-state index is 11.6. The highest BCUT2D eigenvalue weighted by Gasteiger charge is 2.11. The highest BCUT2D eigenvalue weighted by Crippen LogP contribution is 1.99. The third kappa shape index (κ3) is 2.28. The van der Waals surface area contributed by atoms with Gasteiger partial charge in [0.15, 0.2) is 0 Å². The maximum atomic E-state index is 11.6. The number of carbonyl (C=O) groups excluding carboxylic acids is 1. The average molecular weight is 220 g/mol. The van der Waals surface area contributed by atoms with Crippen LogP contribution in [0.3, 0.4) is 0 Å². The standard InChI is InChI=1S/C10H12N4O2/c1-2-8-12-9(14-13-8)10(15)11-5-7-3-4-16-6-7/h3-4,6H,2,5H2,1H3,(H,11,15)(H,12,13,14). The number of hydrogen-bond donors (Lipinski definition) is 2. The average Bonchev–Trinajstić information content (AvgIpc) is 2.96. The van der Waals surface area contributed by atoms with Gasteiger partial charge in [-0.1, -0.05) is 6.92 Å². The van der Waals surface area contributed by atoms with Gasteiger partial charge in [0.1, 0.15) is 5.82 Å². The Hall–Kier alpha value is -2.11. The molecule has 0 aliphatic carbocycles. The molecule has 2 aromatic rings. The number of carbonyl (C=O) groups is 1. The van der Waals surface area contributed by atoms with Crippen LogP contribution in [0.25, 0.3) is 0 Å². The molecule has 0 aliphatic heterocycles. The van der Waals surface area contributed by atoms with Crippen LogP contribution in [0.4, 0.5) is 0 Å². The van der Waals surface area contributed by atoms with Crippen molar-refractivity contribution in [1.82, 2.24) is 20.5 Å². The van der Waals surface area contributed by atoms with Crippen LogP contribution in [0.15, 0.2) is 23.0 Å². The molecular formula is C10H12N4O2. The molecule has 0 aromatic carbocycles. The fourth-order valence-corrected chi connectivity index (χ4v) is 1.21. The van der Waals surface area contributed by atoms with Crippen LogP contribution in [0, 0.1) is 0 Å². The second-order valence-electron chi connectivity index (χ2n) is 3.27. The molecule has 1 amide bonds. The predicted octanol–water partition coefficient (Wildman–Crippen LogP) is 0.890. The number of nitrogens with zero attached hydrogens (tertiary/aromatic N) is 2. The van der Waals surface area contributed by atoms with E-state index in [4.69, 9.17) is 4.42 Å². The zero-order chi connectivity index (χ0) is 11.4. The normalized spacial score (nSPS) is 10.3. The lowest BCUT2D eigenvalue weighted by atomic mass is 10.3. The van der Waals surface area contributed by atoms with Crippen LogP contribution in [0.5, 0.6) is 0 Å². The number of aromatic nitrogens is 3. The third-order valence-corrected chi connectivity index (χ3v) is 2.10. The minimum absolute atomic E-state index is 0.167. The molecule has 2 heterocycles. The van der Waals surface area contributed by atoms with Crippen LogP contribution < -0.4 is 5.32 Å². The predicted molar refractivity (Wildman–Crippen MR) is 55.6 cm³/mol. The second kappa shape index (κ2) is 4.61. The quantitative estimate of drug-likeness (QED) is 0.801. The molecule has 16 heavy (non-hydrogen) atoms. The summed E-state index contributed by atoms with van der Waals surface area (Å²) in [6.07, 6.45) is 3.86. The van der Waals surface area contributed by atoms with E-state index in [-0.39, 0.29) is 11.7 Å². The van der Waals surface area contributed by atoms with Gasteiger partial charge in [-0.25, -0.2) is 4.98 Å². The molecule has 0 atom stereocenters. The number of furan rings is 1. The highest BCUT2D eigenvalue weighted by atomic mass is 16.3. The fourth-order valence-electron chi connectivity index (χ4n) is 1.21. The minimum atomic E-state index is -0.294. The van der Waals surface area contributed by atoms with Gasteiger partial charge in [0.2, 0.25) is 5.82 Å². The van der Waals surface area contributed by atoms with Crippen molar-refractivity contribution in [3.63, 3.8) is 0 Å². The van der Waals surface area contributed by atoms with Crippen LogP contribution in [0.1, 0.15) is 28.9 Å². The SMILES string of the molecule is CCc1nc(C(=O)NCc2ccoc2)n[nH]1. The second-order valence-corrected chi connectivity index (χ2v) is 3.27. The van der Waals surface area contributed by atoms with Gasteiger partial charge in [-0.2, -0.15) is 0 Å². The number of rotatable bonds is 4. The largest absolute Gasteiger partial charge is 0.472 e. The molecule has 2 N–H and O–H groups in total. The Balaban J connectivity index is 1.93. The molecule has 0 fully saturated rings. The van der Waals surface area contributed by atoms with Gasteiger partial charge in [0.05, 0.1) is 12.5 Å². The Morgan fingerprint density at radius 3 is 3.12 bits per heavy atom. The lowest BCUT2D eigenvalue weighted by Crippen LogP contribution is -2.23. The molecule has 2 aromatic heterocycles. The summed E-state index contributed by atoms with van der Waals surface area (Å²) >= 11 is 0. The topological polar surface area (TPSA) is 83.8 Å². The summed E-state index contributed by atoms with van der Waals surface area (Å²) in [4.78, 5) is 15.6. The third-order valence-electron chi connectivity index (χ3n) is 2.10. The van der Waals surface area contributed by atoms with E-state index in [0.717, 1.165) is 12.0 Å². The van der Waals surface area contributed by atoms with Crippen molar-refractivity contribution in [3.8, 4) is 0 Å². The van der Waals surface area contributed by atoms with Crippen LogP contribution >= 0.6 is 0 Å². The van der Waals surface area contributed by atoms with Crippen molar-refractivity contribution in [2.75, 3.05) is 0 Å². The molecule has 0 saturated heterocycles. The van der Waals surface area contributed by atoms with Gasteiger partial charge >= 0.3 is 0 Å². The van der Waals surface area contributed by atoms with Gasteiger partial charge in [-0.05, 0) is 6.07 Å². The first-order valence-electron chi connectivity index (χ1n) is 5.00. The molecule has 0 aliphatic rings. The van der Waals surface area contributed by atoms with E-state index in [2.05, 4.69) is 20.5 Å². The van der Waals surface area contributed by atoms with Crippen molar-refractivity contribution < 1.29 is 9.21 Å². The first-order valence-corrected chi connectivity index (χ1v) is 5.00. The van der Waals surface area contributed by atoms with E-state index in [1.165, 1.54) is 0 Å². The number of aryl methyl sites for hydroxylation is 1. The summed E-state index contributed by atoms with van der Waals surface area (Å²) in [6, 6.07) is 1.79. The minimum Gasteiger partial charge on any atom is -0.472 e. The van der Waals surface area contributed by atoms with Crippen molar-refractivity contribution >= 4 is 5.91 Å². The van der Waals surface area contributed by atoms with Gasteiger partial charge in [0.25, 0.3) is 5.91 Å². The van der Waals surface area contributed by atoms with Crippen LogP contribution in [-0.2, 0) is 13.0 Å². The molecular weight excluding hydrogens is 208 g/mol. The summed E-state index contributed by atoms with van der Waals surface area (Å²) in [5.41, 5.74) is 0.902. The summed E-state index contributed by atoms with van der Waals surface area (Å²) < 4.78 is 4.89. The molecule has 0 spiro atoms. The summed E-state index contributed by atoms with van der Waals surface area (Å²) in [5.74, 6) is 0.575. The molecule has 0 unspecified atom stereocenters. The van der Waals surface area contributed by atoms with Gasteiger partial charge in [0, 0.05) is 18.5 Å². The van der Waals surface area contributed by atoms with E-state index >= 15 is 0 Å². The number of aromatic amines is 1. The summed E-state index contributed by atoms with van der Waals surface area (Å²) in [7, 11) is 0. The summed E-state index contributed by atoms with van der Waals surface area (Å²) in [5, 5.41) is 9.20. The molecule has 6 heteroatoms.